The number of ketones is 1. The van der Waals surface area contributed by atoms with Crippen LogP contribution in [0.25, 0.3) is 0 Å². The second-order valence-electron chi connectivity index (χ2n) is 17.0. The van der Waals surface area contributed by atoms with Gasteiger partial charge in [-0.05, 0) is 82.0 Å². The summed E-state index contributed by atoms with van der Waals surface area (Å²) in [6.07, 6.45) is 15.7. The van der Waals surface area contributed by atoms with Crippen molar-refractivity contribution in [1.29, 1.82) is 0 Å². The number of nitrogens with zero attached hydrogens (tertiary/aromatic N) is 2. The van der Waals surface area contributed by atoms with Crippen LogP contribution in [-0.2, 0) is 29.2 Å². The summed E-state index contributed by atoms with van der Waals surface area (Å²) in [5.74, 6) is -1.97. The maximum Gasteiger partial charge on any atom is 0.315 e. The van der Waals surface area contributed by atoms with Crippen LogP contribution in [0.15, 0.2) is 0 Å². The molecule has 1 unspecified atom stereocenters. The molecule has 0 aromatic rings. The van der Waals surface area contributed by atoms with E-state index in [1.54, 1.807) is 11.9 Å². The predicted molar refractivity (Wildman–Crippen MR) is 192 cm³/mol. The van der Waals surface area contributed by atoms with Gasteiger partial charge in [0, 0.05) is 25.7 Å². The van der Waals surface area contributed by atoms with Gasteiger partial charge in [0.25, 0.3) is 5.91 Å². The number of Topliss-reactive ketones (excluding diaryl/α,β-unsaturated/α-hetero) is 1. The minimum absolute atomic E-state index is 0.00493. The van der Waals surface area contributed by atoms with Crippen LogP contribution in [0.1, 0.15) is 135 Å². The van der Waals surface area contributed by atoms with E-state index in [0.29, 0.717) is 38.6 Å². The summed E-state index contributed by atoms with van der Waals surface area (Å²) in [4.78, 5) is 69.9. The van der Waals surface area contributed by atoms with Gasteiger partial charge in [0.15, 0.2) is 0 Å². The number of rotatable bonds is 15. The molecule has 1 saturated heterocycles. The smallest absolute Gasteiger partial charge is 0.315 e. The summed E-state index contributed by atoms with van der Waals surface area (Å²) in [7, 11) is -1.99. The Morgan fingerprint density at radius 3 is 2.04 bits per heavy atom. The van der Waals surface area contributed by atoms with E-state index in [4.69, 9.17) is 0 Å². The standard InChI is InChI=1S/C37H60N6O7S/c1-36(18-5-3-6-19-36)31(40-35(48)41-37(20-7-4-8-21-37)24-51(49,50)42(2)27-11-9-12-27)34(47)43-22-10-13-29(43)32(45)39-28(23-25-14-15-25)30(44)33(46)38-26-16-17-26/h25-29,31H,3-24H2,1-2H3,(H,38,46)(H,39,45)(H2,40,41,48)/t28?,29-,31+/m0/s1. The zero-order valence-corrected chi connectivity index (χ0v) is 31.5. The topological polar surface area (TPSA) is 174 Å². The quantitative estimate of drug-likeness (QED) is 0.187. The number of sulfonamides is 1. The number of urea groups is 1. The zero-order valence-electron chi connectivity index (χ0n) is 30.7. The largest absolute Gasteiger partial charge is 0.347 e. The molecule has 5 amide bonds. The summed E-state index contributed by atoms with van der Waals surface area (Å²) in [5.41, 5.74) is -1.50. The van der Waals surface area contributed by atoms with Crippen molar-refractivity contribution < 1.29 is 32.4 Å². The summed E-state index contributed by atoms with van der Waals surface area (Å²) in [6, 6.07) is -3.21. The summed E-state index contributed by atoms with van der Waals surface area (Å²) in [5, 5.41) is 11.7. The van der Waals surface area contributed by atoms with Crippen molar-refractivity contribution in [3.05, 3.63) is 0 Å². The lowest BCUT2D eigenvalue weighted by molar-refractivity contribution is -0.144. The van der Waals surface area contributed by atoms with Crippen LogP contribution < -0.4 is 21.3 Å². The van der Waals surface area contributed by atoms with Crippen molar-refractivity contribution in [2.45, 2.75) is 171 Å². The Labute approximate surface area is 303 Å². The Balaban J connectivity index is 1.17. The average molecular weight is 733 g/mol. The molecule has 0 radical (unpaired) electrons. The first-order chi connectivity index (χ1) is 24.3. The van der Waals surface area contributed by atoms with Gasteiger partial charge in [-0.3, -0.25) is 19.2 Å². The SMILES string of the molecule is CN(C1CCC1)S(=O)(=O)CC1(NC(=O)N[C@H](C(=O)N2CCC[C@H]2C(=O)NC(CC2CC2)C(=O)C(=O)NC2CC2)C2(C)CCCCC2)CCCCC1. The molecular formula is C37H60N6O7S. The normalized spacial score (nSPS) is 26.0. The number of nitrogens with one attached hydrogen (secondary N) is 4. The van der Waals surface area contributed by atoms with Gasteiger partial charge in [-0.1, -0.05) is 64.7 Å². The van der Waals surface area contributed by atoms with Gasteiger partial charge in [0.2, 0.25) is 27.6 Å². The monoisotopic (exact) mass is 732 g/mol. The molecular weight excluding hydrogens is 673 g/mol. The van der Waals surface area contributed by atoms with Crippen molar-refractivity contribution in [1.82, 2.24) is 30.5 Å². The molecule has 0 aromatic carbocycles. The second kappa shape index (κ2) is 15.7. The number of amides is 5. The third kappa shape index (κ3) is 9.26. The number of likely N-dealkylation sites (tertiary alicyclic amines) is 1. The van der Waals surface area contributed by atoms with E-state index in [0.717, 1.165) is 96.3 Å². The molecule has 6 aliphatic rings. The number of carbonyl (C=O) groups is 5. The van der Waals surface area contributed by atoms with E-state index >= 15 is 0 Å². The Morgan fingerprint density at radius 2 is 1.45 bits per heavy atom. The number of hydrogen-bond acceptors (Lipinski definition) is 7. The minimum atomic E-state index is -3.64. The van der Waals surface area contributed by atoms with E-state index in [1.165, 1.54) is 4.31 Å². The maximum atomic E-state index is 14.6. The van der Waals surface area contributed by atoms with Crippen molar-refractivity contribution in [2.75, 3.05) is 19.3 Å². The highest BCUT2D eigenvalue weighted by Crippen LogP contribution is 2.41. The van der Waals surface area contributed by atoms with Crippen LogP contribution in [0.2, 0.25) is 0 Å². The Bertz CT molecular complexity index is 1430. The first-order valence-corrected chi connectivity index (χ1v) is 21.4. The molecule has 0 spiro atoms. The molecule has 3 atom stereocenters. The maximum absolute atomic E-state index is 14.6. The fraction of sp³-hybridized carbons (Fsp3) is 0.865. The van der Waals surface area contributed by atoms with Crippen LogP contribution in [0, 0.1) is 11.3 Å². The van der Waals surface area contributed by atoms with Crippen LogP contribution in [0.5, 0.6) is 0 Å². The summed E-state index contributed by atoms with van der Waals surface area (Å²) in [6.45, 7) is 2.36. The molecule has 14 heteroatoms. The van der Waals surface area contributed by atoms with Crippen molar-refractivity contribution in [3.8, 4) is 0 Å². The third-order valence-electron chi connectivity index (χ3n) is 12.8. The molecule has 13 nitrogen and oxygen atoms in total. The predicted octanol–water partition coefficient (Wildman–Crippen LogP) is 3.27. The Morgan fingerprint density at radius 1 is 0.804 bits per heavy atom. The van der Waals surface area contributed by atoms with E-state index in [2.05, 4.69) is 21.3 Å². The molecule has 5 saturated carbocycles. The molecule has 0 bridgehead atoms. The van der Waals surface area contributed by atoms with Gasteiger partial charge in [0.1, 0.15) is 12.1 Å². The molecule has 0 aromatic heterocycles. The van der Waals surface area contributed by atoms with E-state index in [1.807, 2.05) is 6.92 Å². The van der Waals surface area contributed by atoms with Crippen molar-refractivity contribution in [2.24, 2.45) is 11.3 Å². The van der Waals surface area contributed by atoms with E-state index in [9.17, 15) is 32.4 Å². The lowest BCUT2D eigenvalue weighted by Crippen LogP contribution is -2.64. The highest BCUT2D eigenvalue weighted by molar-refractivity contribution is 7.89. The zero-order chi connectivity index (χ0) is 36.4. The number of hydrogen-bond donors (Lipinski definition) is 4. The lowest BCUT2D eigenvalue weighted by atomic mass is 9.70. The molecule has 5 aliphatic carbocycles. The highest BCUT2D eigenvalue weighted by atomic mass is 32.2. The Kier molecular flexibility index (Phi) is 11.7. The first-order valence-electron chi connectivity index (χ1n) is 19.8. The second-order valence-corrected chi connectivity index (χ2v) is 19.0. The van der Waals surface area contributed by atoms with Gasteiger partial charge >= 0.3 is 6.03 Å². The van der Waals surface area contributed by atoms with Crippen LogP contribution in [0.3, 0.4) is 0 Å². The molecule has 286 valence electrons. The molecule has 6 rings (SSSR count). The van der Waals surface area contributed by atoms with Crippen molar-refractivity contribution in [3.63, 3.8) is 0 Å². The summed E-state index contributed by atoms with van der Waals surface area (Å²) < 4.78 is 28.7. The van der Waals surface area contributed by atoms with Gasteiger partial charge in [0.05, 0.1) is 17.3 Å². The van der Waals surface area contributed by atoms with Crippen LogP contribution in [0.4, 0.5) is 4.79 Å². The number of carbonyl (C=O) groups excluding carboxylic acids is 5. The fourth-order valence-corrected chi connectivity index (χ4v) is 10.8. The molecule has 1 heterocycles. The van der Waals surface area contributed by atoms with E-state index < -0.39 is 62.7 Å². The molecule has 6 fully saturated rings. The van der Waals surface area contributed by atoms with Gasteiger partial charge < -0.3 is 26.2 Å². The Hall–Kier alpha value is -2.74. The van der Waals surface area contributed by atoms with Gasteiger partial charge in [-0.15, -0.1) is 0 Å². The van der Waals surface area contributed by atoms with Crippen LogP contribution in [-0.4, -0.2) is 102 Å². The first kappa shape index (κ1) is 38.0. The molecule has 4 N–H and O–H groups in total. The summed E-state index contributed by atoms with van der Waals surface area (Å²) >= 11 is 0. The highest BCUT2D eigenvalue weighted by Gasteiger charge is 2.48. The lowest BCUT2D eigenvalue weighted by Gasteiger charge is -2.44. The van der Waals surface area contributed by atoms with E-state index in [-0.39, 0.29) is 29.7 Å². The fourth-order valence-electron chi connectivity index (χ4n) is 8.85. The average Bonchev–Trinajstić information content (AvgIpc) is 4.01. The van der Waals surface area contributed by atoms with Crippen molar-refractivity contribution >= 4 is 39.6 Å². The van der Waals surface area contributed by atoms with Gasteiger partial charge in [-0.25, -0.2) is 17.5 Å². The molecule has 51 heavy (non-hydrogen) atoms. The molecule has 1 aliphatic heterocycles. The third-order valence-corrected chi connectivity index (χ3v) is 14.9. The minimum Gasteiger partial charge on any atom is -0.347 e. The van der Waals surface area contributed by atoms with Crippen LogP contribution >= 0.6 is 0 Å². The van der Waals surface area contributed by atoms with Gasteiger partial charge in [-0.2, -0.15) is 0 Å².